The molecule has 2 atom stereocenters. The summed E-state index contributed by atoms with van der Waals surface area (Å²) in [6.07, 6.45) is 5.56. The average Bonchev–Trinajstić information content (AvgIpc) is 3.14. The molecule has 3 rings (SSSR count). The summed E-state index contributed by atoms with van der Waals surface area (Å²) in [5.74, 6) is 0.745. The van der Waals surface area contributed by atoms with E-state index in [0.29, 0.717) is 23.9 Å². The number of carbonyl (C=O) groups excluding carboxylic acids is 1. The van der Waals surface area contributed by atoms with Crippen LogP contribution in [0.3, 0.4) is 0 Å². The first-order valence-corrected chi connectivity index (χ1v) is 8.91. The predicted molar refractivity (Wildman–Crippen MR) is 95.7 cm³/mol. The molecule has 134 valence electrons. The van der Waals surface area contributed by atoms with Crippen molar-refractivity contribution < 1.29 is 9.53 Å². The molecule has 0 radical (unpaired) electrons. The van der Waals surface area contributed by atoms with Gasteiger partial charge in [-0.05, 0) is 37.8 Å². The van der Waals surface area contributed by atoms with E-state index in [1.165, 1.54) is 0 Å². The van der Waals surface area contributed by atoms with Crippen LogP contribution in [0.2, 0.25) is 0 Å². The normalized spacial score (nSPS) is 20.6. The molecule has 0 spiro atoms. The Labute approximate surface area is 148 Å². The Kier molecular flexibility index (Phi) is 5.48. The molecule has 1 aromatic carbocycles. The highest BCUT2D eigenvalue weighted by Crippen LogP contribution is 2.26. The average molecular weight is 342 g/mol. The second-order valence-electron chi connectivity index (χ2n) is 7.08. The molecular weight excluding hydrogens is 316 g/mol. The van der Waals surface area contributed by atoms with E-state index in [2.05, 4.69) is 29.4 Å². The number of benzene rings is 1. The Morgan fingerprint density at radius 2 is 2.12 bits per heavy atom. The van der Waals surface area contributed by atoms with Gasteiger partial charge in [-0.1, -0.05) is 25.5 Å². The van der Waals surface area contributed by atoms with Gasteiger partial charge in [-0.3, -0.25) is 9.36 Å². The van der Waals surface area contributed by atoms with Crippen molar-refractivity contribution in [2.45, 2.75) is 39.7 Å². The molecule has 1 fully saturated rings. The predicted octanol–water partition coefficient (Wildman–Crippen LogP) is 2.76. The van der Waals surface area contributed by atoms with E-state index in [9.17, 15) is 4.79 Å². The van der Waals surface area contributed by atoms with E-state index in [1.54, 1.807) is 17.2 Å². The first kappa shape index (κ1) is 17.6. The molecule has 1 aliphatic rings. The molecule has 2 aromatic rings. The molecule has 0 aliphatic carbocycles. The highest BCUT2D eigenvalue weighted by molar-refractivity contribution is 5.98. The lowest BCUT2D eigenvalue weighted by Gasteiger charge is -2.34. The number of nitrogens with one attached hydrogen (secondary N) is 1. The lowest BCUT2D eigenvalue weighted by molar-refractivity contribution is -0.0510. The second kappa shape index (κ2) is 7.78. The standard InChI is InChI=1S/C19H26N4O2/c1-13(2)18-15(5-4-8-25-18)10-20-19(24)16-9-14(3)6-7-17(16)23-11-21-22-12-23/h6-7,9,11-13,15,18H,4-5,8,10H2,1-3H3,(H,20,24)/t15-,18+/m0/s1. The van der Waals surface area contributed by atoms with Gasteiger partial charge in [0.2, 0.25) is 0 Å². The lowest BCUT2D eigenvalue weighted by Crippen LogP contribution is -2.41. The van der Waals surface area contributed by atoms with E-state index in [-0.39, 0.29) is 12.0 Å². The smallest absolute Gasteiger partial charge is 0.253 e. The van der Waals surface area contributed by atoms with Crippen LogP contribution in [0.25, 0.3) is 5.69 Å². The van der Waals surface area contributed by atoms with Crippen LogP contribution in [-0.4, -0.2) is 39.9 Å². The second-order valence-corrected chi connectivity index (χ2v) is 7.08. The van der Waals surface area contributed by atoms with Crippen molar-refractivity contribution in [3.63, 3.8) is 0 Å². The summed E-state index contributed by atoms with van der Waals surface area (Å²) in [6.45, 7) is 7.79. The van der Waals surface area contributed by atoms with Gasteiger partial charge in [-0.25, -0.2) is 0 Å². The molecule has 0 bridgehead atoms. The van der Waals surface area contributed by atoms with Gasteiger partial charge in [-0.2, -0.15) is 0 Å². The van der Waals surface area contributed by atoms with Gasteiger partial charge in [0.25, 0.3) is 5.91 Å². The molecule has 0 unspecified atom stereocenters. The number of aromatic nitrogens is 3. The third kappa shape index (κ3) is 4.07. The number of nitrogens with zero attached hydrogens (tertiary/aromatic N) is 3. The van der Waals surface area contributed by atoms with Gasteiger partial charge >= 0.3 is 0 Å². The van der Waals surface area contributed by atoms with E-state index < -0.39 is 0 Å². The molecule has 1 aromatic heterocycles. The van der Waals surface area contributed by atoms with Crippen molar-refractivity contribution in [3.05, 3.63) is 42.0 Å². The highest BCUT2D eigenvalue weighted by atomic mass is 16.5. The fourth-order valence-corrected chi connectivity index (χ4v) is 3.52. The quantitative estimate of drug-likeness (QED) is 0.907. The van der Waals surface area contributed by atoms with Crippen LogP contribution in [0.4, 0.5) is 0 Å². The van der Waals surface area contributed by atoms with Crippen LogP contribution in [-0.2, 0) is 4.74 Å². The molecular formula is C19H26N4O2. The van der Waals surface area contributed by atoms with Crippen molar-refractivity contribution >= 4 is 5.91 Å². The molecule has 0 saturated carbocycles. The Bertz CT molecular complexity index is 712. The molecule has 1 saturated heterocycles. The zero-order valence-corrected chi connectivity index (χ0v) is 15.1. The monoisotopic (exact) mass is 342 g/mol. The molecule has 25 heavy (non-hydrogen) atoms. The summed E-state index contributed by atoms with van der Waals surface area (Å²) < 4.78 is 7.68. The Morgan fingerprint density at radius 1 is 1.36 bits per heavy atom. The van der Waals surface area contributed by atoms with Gasteiger partial charge < -0.3 is 10.1 Å². The molecule has 6 heteroatoms. The van der Waals surface area contributed by atoms with Crippen LogP contribution < -0.4 is 5.32 Å². The third-order valence-electron chi connectivity index (χ3n) is 4.77. The first-order valence-electron chi connectivity index (χ1n) is 8.91. The van der Waals surface area contributed by atoms with Gasteiger partial charge in [-0.15, -0.1) is 10.2 Å². The summed E-state index contributed by atoms with van der Waals surface area (Å²) in [4.78, 5) is 12.8. The zero-order chi connectivity index (χ0) is 17.8. The fourth-order valence-electron chi connectivity index (χ4n) is 3.52. The Hall–Kier alpha value is -2.21. The minimum Gasteiger partial charge on any atom is -0.378 e. The van der Waals surface area contributed by atoms with Crippen molar-refractivity contribution in [2.75, 3.05) is 13.2 Å². The van der Waals surface area contributed by atoms with Crippen LogP contribution >= 0.6 is 0 Å². The van der Waals surface area contributed by atoms with E-state index in [4.69, 9.17) is 4.74 Å². The van der Waals surface area contributed by atoms with Crippen LogP contribution in [0.1, 0.15) is 42.6 Å². The number of ether oxygens (including phenoxy) is 1. The van der Waals surface area contributed by atoms with Crippen LogP contribution in [0.15, 0.2) is 30.9 Å². The number of carbonyl (C=O) groups is 1. The number of rotatable bonds is 5. The number of hydrogen-bond donors (Lipinski definition) is 1. The summed E-state index contributed by atoms with van der Waals surface area (Å²) in [5, 5.41) is 10.8. The largest absolute Gasteiger partial charge is 0.378 e. The van der Waals surface area contributed by atoms with E-state index >= 15 is 0 Å². The van der Waals surface area contributed by atoms with Crippen molar-refractivity contribution in [1.29, 1.82) is 0 Å². The zero-order valence-electron chi connectivity index (χ0n) is 15.1. The first-order chi connectivity index (χ1) is 12.1. The van der Waals surface area contributed by atoms with Gasteiger partial charge in [0.15, 0.2) is 0 Å². The number of hydrogen-bond acceptors (Lipinski definition) is 4. The fraction of sp³-hybridized carbons (Fsp3) is 0.526. The minimum atomic E-state index is -0.0690. The lowest BCUT2D eigenvalue weighted by atomic mass is 9.87. The number of amides is 1. The van der Waals surface area contributed by atoms with Crippen LogP contribution in [0.5, 0.6) is 0 Å². The summed E-state index contributed by atoms with van der Waals surface area (Å²) >= 11 is 0. The van der Waals surface area contributed by atoms with Gasteiger partial charge in [0.1, 0.15) is 12.7 Å². The van der Waals surface area contributed by atoms with Crippen molar-refractivity contribution in [1.82, 2.24) is 20.1 Å². The Morgan fingerprint density at radius 3 is 2.84 bits per heavy atom. The summed E-state index contributed by atoms with van der Waals surface area (Å²) in [5.41, 5.74) is 2.47. The molecule has 1 N–H and O–H groups in total. The SMILES string of the molecule is Cc1ccc(-n2cnnc2)c(C(=O)NC[C@@H]2CCCO[C@@H]2C(C)C)c1. The molecule has 1 amide bonds. The minimum absolute atomic E-state index is 0.0690. The number of aryl methyl sites for hydroxylation is 1. The maximum absolute atomic E-state index is 12.8. The highest BCUT2D eigenvalue weighted by Gasteiger charge is 2.29. The molecule has 1 aliphatic heterocycles. The topological polar surface area (TPSA) is 69.0 Å². The molecule has 6 nitrogen and oxygen atoms in total. The molecule has 2 heterocycles. The third-order valence-corrected chi connectivity index (χ3v) is 4.77. The van der Waals surface area contributed by atoms with Gasteiger partial charge in [0.05, 0.1) is 17.4 Å². The van der Waals surface area contributed by atoms with Crippen molar-refractivity contribution in [3.8, 4) is 5.69 Å². The van der Waals surface area contributed by atoms with Crippen LogP contribution in [0, 0.1) is 18.8 Å². The maximum Gasteiger partial charge on any atom is 0.253 e. The maximum atomic E-state index is 12.8. The Balaban J connectivity index is 1.74. The van der Waals surface area contributed by atoms with E-state index in [0.717, 1.165) is 30.7 Å². The van der Waals surface area contributed by atoms with Gasteiger partial charge in [0, 0.05) is 19.1 Å². The summed E-state index contributed by atoms with van der Waals surface area (Å²) in [6, 6.07) is 5.81. The van der Waals surface area contributed by atoms with Crippen molar-refractivity contribution in [2.24, 2.45) is 11.8 Å². The summed E-state index contributed by atoms with van der Waals surface area (Å²) in [7, 11) is 0. The van der Waals surface area contributed by atoms with E-state index in [1.807, 2.05) is 25.1 Å².